The SMILES string of the molecule is CCCC[P+](CCCC)(CCCC)CCCSC(=O)C(C)(C)CC.[Br-]. The van der Waals surface area contributed by atoms with Gasteiger partial charge in [0.15, 0.2) is 5.12 Å². The molecule has 25 heavy (non-hydrogen) atoms. The Labute approximate surface area is 174 Å². The Morgan fingerprint density at radius 2 is 1.20 bits per heavy atom. The molecule has 0 aromatic rings. The second kappa shape index (κ2) is 15.9. The number of rotatable bonds is 15. The maximum absolute atomic E-state index is 12.3. The average Bonchev–Trinajstić information content (AvgIpc) is 2.59. The first-order chi connectivity index (χ1) is 11.4. The van der Waals surface area contributed by atoms with E-state index in [9.17, 15) is 4.79 Å². The topological polar surface area (TPSA) is 17.1 Å². The van der Waals surface area contributed by atoms with Crippen LogP contribution in [0.25, 0.3) is 0 Å². The summed E-state index contributed by atoms with van der Waals surface area (Å²) in [5.74, 6) is 1.04. The molecule has 0 aliphatic heterocycles. The molecule has 0 radical (unpaired) electrons. The first kappa shape index (κ1) is 28.1. The summed E-state index contributed by atoms with van der Waals surface area (Å²) in [6, 6.07) is 0. The zero-order valence-corrected chi connectivity index (χ0v) is 21.1. The van der Waals surface area contributed by atoms with Crippen molar-refractivity contribution in [3.05, 3.63) is 0 Å². The first-order valence-corrected chi connectivity index (χ1v) is 13.9. The number of hydrogen-bond donors (Lipinski definition) is 0. The lowest BCUT2D eigenvalue weighted by Gasteiger charge is -2.28. The second-order valence-corrected chi connectivity index (χ2v) is 13.6. The number of carbonyl (C=O) groups excluding carboxylic acids is 1. The Balaban J connectivity index is 0. The number of thioether (sulfide) groups is 1. The lowest BCUT2D eigenvalue weighted by atomic mass is 9.92. The van der Waals surface area contributed by atoms with Gasteiger partial charge >= 0.3 is 0 Å². The molecule has 0 bridgehead atoms. The van der Waals surface area contributed by atoms with Crippen LogP contribution in [0.1, 0.15) is 92.9 Å². The van der Waals surface area contributed by atoms with Gasteiger partial charge in [0.05, 0.1) is 24.6 Å². The van der Waals surface area contributed by atoms with Crippen molar-refractivity contribution in [1.82, 2.24) is 0 Å². The van der Waals surface area contributed by atoms with Gasteiger partial charge in [-0.2, -0.15) is 0 Å². The molecule has 0 amide bonds. The van der Waals surface area contributed by atoms with Gasteiger partial charge in [0.1, 0.15) is 0 Å². The summed E-state index contributed by atoms with van der Waals surface area (Å²) in [6.07, 6.45) is 16.4. The van der Waals surface area contributed by atoms with Gasteiger partial charge in [-0.1, -0.05) is 72.6 Å². The Morgan fingerprint density at radius 3 is 1.56 bits per heavy atom. The molecular weight excluding hydrogens is 411 g/mol. The van der Waals surface area contributed by atoms with Gasteiger partial charge in [-0.15, -0.1) is 0 Å². The Hall–Kier alpha value is 0.930. The molecule has 0 unspecified atom stereocenters. The molecule has 152 valence electrons. The van der Waals surface area contributed by atoms with Crippen LogP contribution in [-0.2, 0) is 4.79 Å². The van der Waals surface area contributed by atoms with E-state index in [2.05, 4.69) is 41.5 Å². The Kier molecular flexibility index (Phi) is 17.9. The van der Waals surface area contributed by atoms with Crippen molar-refractivity contribution in [2.45, 2.75) is 92.9 Å². The van der Waals surface area contributed by atoms with E-state index in [1.807, 2.05) is 0 Å². The average molecular weight is 456 g/mol. The number of unbranched alkanes of at least 4 members (excludes halogenated alkanes) is 3. The van der Waals surface area contributed by atoms with E-state index in [0.717, 1.165) is 12.2 Å². The molecule has 0 aromatic carbocycles. The van der Waals surface area contributed by atoms with Crippen molar-refractivity contribution in [2.75, 3.05) is 30.4 Å². The quantitative estimate of drug-likeness (QED) is 0.267. The predicted octanol–water partition coefficient (Wildman–Crippen LogP) is 4.49. The highest BCUT2D eigenvalue weighted by molar-refractivity contribution is 8.13. The zero-order chi connectivity index (χ0) is 18.5. The van der Waals surface area contributed by atoms with Crippen LogP contribution in [0.2, 0.25) is 0 Å². The summed E-state index contributed by atoms with van der Waals surface area (Å²) in [5, 5.41) is 0.393. The van der Waals surface area contributed by atoms with Crippen LogP contribution in [0.5, 0.6) is 0 Å². The highest BCUT2D eigenvalue weighted by atomic mass is 79.9. The van der Waals surface area contributed by atoms with E-state index in [1.54, 1.807) is 11.8 Å². The predicted molar refractivity (Wildman–Crippen MR) is 117 cm³/mol. The third kappa shape index (κ3) is 12.1. The summed E-state index contributed by atoms with van der Waals surface area (Å²) < 4.78 is 0. The molecule has 0 spiro atoms. The summed E-state index contributed by atoms with van der Waals surface area (Å²) in [6.45, 7) is 13.3. The largest absolute Gasteiger partial charge is 1.00 e. The molecule has 0 aliphatic rings. The normalized spacial score (nSPS) is 12.1. The summed E-state index contributed by atoms with van der Waals surface area (Å²) >= 11 is 1.60. The van der Waals surface area contributed by atoms with Crippen molar-refractivity contribution in [3.63, 3.8) is 0 Å². The standard InChI is InChI=1S/C21H44OPS.BrH/c1-7-11-15-23(16-12-8-2,17-13-9-3)18-14-19-24-20(22)21(5,6)10-4;/h7-19H2,1-6H3;1H/q+1;/p-1. The van der Waals surface area contributed by atoms with Gasteiger partial charge < -0.3 is 17.0 Å². The number of carbonyl (C=O) groups is 1. The first-order valence-electron chi connectivity index (χ1n) is 10.4. The van der Waals surface area contributed by atoms with Crippen molar-refractivity contribution >= 4 is 24.1 Å². The van der Waals surface area contributed by atoms with Crippen molar-refractivity contribution in [1.29, 1.82) is 0 Å². The summed E-state index contributed by atoms with van der Waals surface area (Å²) in [4.78, 5) is 12.3. The van der Waals surface area contributed by atoms with Crippen LogP contribution in [0.15, 0.2) is 0 Å². The van der Waals surface area contributed by atoms with Crippen LogP contribution < -0.4 is 17.0 Å². The molecule has 0 aliphatic carbocycles. The molecule has 0 fully saturated rings. The molecule has 0 aromatic heterocycles. The smallest absolute Gasteiger partial charge is 0.194 e. The molecular formula is C21H44BrOPS. The minimum Gasteiger partial charge on any atom is -1.00 e. The molecule has 0 heterocycles. The van der Waals surface area contributed by atoms with E-state index < -0.39 is 7.26 Å². The van der Waals surface area contributed by atoms with Crippen LogP contribution in [0.3, 0.4) is 0 Å². The number of hydrogen-bond acceptors (Lipinski definition) is 2. The fraction of sp³-hybridized carbons (Fsp3) is 0.952. The lowest BCUT2D eigenvalue weighted by molar-refractivity contribution is -0.118. The van der Waals surface area contributed by atoms with E-state index in [0.29, 0.717) is 5.12 Å². The maximum atomic E-state index is 12.3. The van der Waals surface area contributed by atoms with Crippen LogP contribution >= 0.6 is 19.0 Å². The number of halogens is 1. The molecule has 0 saturated heterocycles. The van der Waals surface area contributed by atoms with Crippen LogP contribution in [0.4, 0.5) is 0 Å². The molecule has 0 saturated carbocycles. The maximum Gasteiger partial charge on any atom is 0.194 e. The zero-order valence-electron chi connectivity index (χ0n) is 17.8. The van der Waals surface area contributed by atoms with Gasteiger partial charge in [-0.05, 0) is 32.1 Å². The van der Waals surface area contributed by atoms with Crippen molar-refractivity contribution in [3.8, 4) is 0 Å². The van der Waals surface area contributed by atoms with E-state index in [-0.39, 0.29) is 22.4 Å². The third-order valence-electron chi connectivity index (χ3n) is 5.40. The molecule has 0 N–H and O–H groups in total. The highest BCUT2D eigenvalue weighted by Crippen LogP contribution is 2.61. The minimum atomic E-state index is -0.778. The van der Waals surface area contributed by atoms with Gasteiger partial charge in [0.25, 0.3) is 0 Å². The van der Waals surface area contributed by atoms with Gasteiger partial charge in [0.2, 0.25) is 0 Å². The minimum absolute atomic E-state index is 0. The van der Waals surface area contributed by atoms with Gasteiger partial charge in [-0.3, -0.25) is 4.79 Å². The van der Waals surface area contributed by atoms with Crippen molar-refractivity contribution in [2.24, 2.45) is 5.41 Å². The Bertz CT molecular complexity index is 312. The van der Waals surface area contributed by atoms with E-state index in [4.69, 9.17) is 0 Å². The van der Waals surface area contributed by atoms with E-state index in [1.165, 1.54) is 69.6 Å². The van der Waals surface area contributed by atoms with Gasteiger partial charge in [0, 0.05) is 18.4 Å². The second-order valence-electron chi connectivity index (χ2n) is 8.02. The molecule has 0 atom stereocenters. The van der Waals surface area contributed by atoms with E-state index >= 15 is 0 Å². The third-order valence-corrected chi connectivity index (χ3v) is 11.8. The van der Waals surface area contributed by atoms with Crippen LogP contribution in [0, 0.1) is 5.41 Å². The Morgan fingerprint density at radius 1 is 0.800 bits per heavy atom. The summed E-state index contributed by atoms with van der Waals surface area (Å²) in [5.41, 5.74) is -0.149. The van der Waals surface area contributed by atoms with Gasteiger partial charge in [-0.25, -0.2) is 0 Å². The van der Waals surface area contributed by atoms with Crippen molar-refractivity contribution < 1.29 is 21.8 Å². The fourth-order valence-corrected chi connectivity index (χ4v) is 9.41. The lowest BCUT2D eigenvalue weighted by Crippen LogP contribution is -3.00. The monoisotopic (exact) mass is 454 g/mol. The van der Waals surface area contributed by atoms with Crippen LogP contribution in [-0.4, -0.2) is 35.5 Å². The fourth-order valence-electron chi connectivity index (χ4n) is 3.06. The molecule has 0 rings (SSSR count). The molecule has 4 heteroatoms. The summed E-state index contributed by atoms with van der Waals surface area (Å²) in [7, 11) is -0.778. The highest BCUT2D eigenvalue weighted by Gasteiger charge is 2.35. The molecule has 1 nitrogen and oxygen atoms in total.